The first kappa shape index (κ1) is 23.8. The van der Waals surface area contributed by atoms with Gasteiger partial charge in [-0.05, 0) is 48.4 Å². The van der Waals surface area contributed by atoms with Crippen LogP contribution in [0.4, 0.5) is 15.8 Å². The summed E-state index contributed by atoms with van der Waals surface area (Å²) in [6, 6.07) is 13.7. The van der Waals surface area contributed by atoms with Gasteiger partial charge in [0.25, 0.3) is 0 Å². The Bertz CT molecular complexity index is 860. The van der Waals surface area contributed by atoms with Gasteiger partial charge in [-0.25, -0.2) is 4.39 Å². The third-order valence-corrected chi connectivity index (χ3v) is 5.92. The Kier molecular flexibility index (Phi) is 9.08. The van der Waals surface area contributed by atoms with Crippen LogP contribution in [-0.4, -0.2) is 42.9 Å². The molecule has 1 fully saturated rings. The van der Waals surface area contributed by atoms with Crippen LogP contribution in [0.3, 0.4) is 0 Å². The Morgan fingerprint density at radius 1 is 0.875 bits per heavy atom. The number of benzene rings is 2. The minimum atomic E-state index is -0.308. The van der Waals surface area contributed by atoms with Crippen LogP contribution in [0.2, 0.25) is 0 Å². The zero-order chi connectivity index (χ0) is 22.8. The van der Waals surface area contributed by atoms with Crippen molar-refractivity contribution in [2.45, 2.75) is 51.9 Å². The van der Waals surface area contributed by atoms with Crippen LogP contribution >= 0.6 is 0 Å². The average molecular weight is 440 g/mol. The number of hydrogen-bond acceptors (Lipinski definition) is 3. The second-order valence-electron chi connectivity index (χ2n) is 8.43. The van der Waals surface area contributed by atoms with Crippen molar-refractivity contribution >= 4 is 23.2 Å². The average Bonchev–Trinajstić information content (AvgIpc) is 2.81. The Morgan fingerprint density at radius 2 is 1.53 bits per heavy atom. The molecule has 6 heteroatoms. The minimum absolute atomic E-state index is 0.133. The van der Waals surface area contributed by atoms with E-state index in [-0.39, 0.29) is 24.1 Å². The van der Waals surface area contributed by atoms with Crippen molar-refractivity contribution in [1.29, 1.82) is 0 Å². The summed E-state index contributed by atoms with van der Waals surface area (Å²) in [6.07, 6.45) is 6.70. The topological polar surface area (TPSA) is 52.7 Å². The Morgan fingerprint density at radius 3 is 2.19 bits per heavy atom. The van der Waals surface area contributed by atoms with E-state index in [4.69, 9.17) is 0 Å². The predicted octanol–water partition coefficient (Wildman–Crippen LogP) is 5.02. The summed E-state index contributed by atoms with van der Waals surface area (Å²) in [7, 11) is 0. The molecule has 1 aliphatic rings. The number of hydrogen-bond donors (Lipinski definition) is 1. The molecule has 0 saturated carbocycles. The van der Waals surface area contributed by atoms with E-state index in [2.05, 4.69) is 17.1 Å². The number of carbonyl (C=O) groups is 2. The van der Waals surface area contributed by atoms with E-state index in [1.54, 1.807) is 12.1 Å². The lowest BCUT2D eigenvalue weighted by Gasteiger charge is -2.36. The van der Waals surface area contributed by atoms with Crippen molar-refractivity contribution in [3.8, 4) is 0 Å². The number of nitrogens with one attached hydrogen (secondary N) is 1. The molecule has 0 radical (unpaired) electrons. The summed E-state index contributed by atoms with van der Waals surface area (Å²) in [5, 5.41) is 2.89. The molecule has 2 aromatic rings. The summed E-state index contributed by atoms with van der Waals surface area (Å²) < 4.78 is 13.0. The van der Waals surface area contributed by atoms with Gasteiger partial charge in [0.2, 0.25) is 11.8 Å². The molecule has 1 aliphatic heterocycles. The lowest BCUT2D eigenvalue weighted by Crippen LogP contribution is -2.48. The molecule has 1 N–H and O–H groups in total. The number of anilines is 2. The Labute approximate surface area is 190 Å². The molecule has 0 spiro atoms. The number of amides is 2. The maximum absolute atomic E-state index is 13.0. The van der Waals surface area contributed by atoms with Gasteiger partial charge in [0.1, 0.15) is 5.82 Å². The number of nitrogens with zero attached hydrogens (tertiary/aromatic N) is 2. The zero-order valence-corrected chi connectivity index (χ0v) is 19.0. The van der Waals surface area contributed by atoms with Gasteiger partial charge in [-0.15, -0.1) is 0 Å². The molecular formula is C26H34FN3O2. The fourth-order valence-electron chi connectivity index (χ4n) is 4.00. The van der Waals surface area contributed by atoms with Crippen molar-refractivity contribution in [2.75, 3.05) is 36.4 Å². The smallest absolute Gasteiger partial charge is 0.228 e. The maximum Gasteiger partial charge on any atom is 0.228 e. The molecule has 5 nitrogen and oxygen atoms in total. The van der Waals surface area contributed by atoms with Crippen LogP contribution in [0.15, 0.2) is 48.5 Å². The monoisotopic (exact) mass is 439 g/mol. The Balaban J connectivity index is 1.41. The van der Waals surface area contributed by atoms with E-state index < -0.39 is 0 Å². The van der Waals surface area contributed by atoms with Gasteiger partial charge in [-0.1, -0.05) is 44.7 Å². The third-order valence-electron chi connectivity index (χ3n) is 5.92. The lowest BCUT2D eigenvalue weighted by atomic mass is 10.1. The zero-order valence-electron chi connectivity index (χ0n) is 19.0. The van der Waals surface area contributed by atoms with E-state index in [9.17, 15) is 14.0 Å². The van der Waals surface area contributed by atoms with Crippen LogP contribution in [-0.2, 0) is 16.0 Å². The third kappa shape index (κ3) is 7.36. The first-order valence-electron chi connectivity index (χ1n) is 11.7. The molecular weight excluding hydrogens is 405 g/mol. The highest BCUT2D eigenvalue weighted by molar-refractivity contribution is 5.92. The number of rotatable bonds is 10. The summed E-state index contributed by atoms with van der Waals surface area (Å²) in [4.78, 5) is 28.9. The van der Waals surface area contributed by atoms with Gasteiger partial charge >= 0.3 is 0 Å². The summed E-state index contributed by atoms with van der Waals surface area (Å²) in [5.74, 6) is -0.163. The van der Waals surface area contributed by atoms with Gasteiger partial charge < -0.3 is 15.1 Å². The highest BCUT2D eigenvalue weighted by atomic mass is 19.1. The van der Waals surface area contributed by atoms with Gasteiger partial charge in [-0.3, -0.25) is 9.59 Å². The van der Waals surface area contributed by atoms with Gasteiger partial charge in [-0.2, -0.15) is 0 Å². The van der Waals surface area contributed by atoms with Crippen molar-refractivity contribution in [1.82, 2.24) is 4.90 Å². The number of unbranched alkanes of at least 4 members (excludes halogenated alkanes) is 4. The van der Waals surface area contributed by atoms with Crippen LogP contribution in [0, 0.1) is 5.82 Å². The molecule has 0 atom stereocenters. The molecule has 0 unspecified atom stereocenters. The first-order valence-corrected chi connectivity index (χ1v) is 11.7. The molecule has 32 heavy (non-hydrogen) atoms. The van der Waals surface area contributed by atoms with Crippen LogP contribution < -0.4 is 10.2 Å². The highest BCUT2D eigenvalue weighted by Crippen LogP contribution is 2.20. The summed E-state index contributed by atoms with van der Waals surface area (Å²) >= 11 is 0. The first-order chi connectivity index (χ1) is 15.5. The van der Waals surface area contributed by atoms with Crippen LogP contribution in [0.1, 0.15) is 51.0 Å². The second-order valence-corrected chi connectivity index (χ2v) is 8.43. The number of piperazine rings is 1. The highest BCUT2D eigenvalue weighted by Gasteiger charge is 2.21. The summed E-state index contributed by atoms with van der Waals surface area (Å²) in [6.45, 7) is 5.34. The fourth-order valence-corrected chi connectivity index (χ4v) is 4.00. The largest absolute Gasteiger partial charge is 0.368 e. The molecule has 0 bridgehead atoms. The van der Waals surface area contributed by atoms with E-state index in [0.717, 1.165) is 56.0 Å². The Hall–Kier alpha value is -2.89. The van der Waals surface area contributed by atoms with Gasteiger partial charge in [0.05, 0.1) is 6.42 Å². The van der Waals surface area contributed by atoms with Crippen LogP contribution in [0.5, 0.6) is 0 Å². The van der Waals surface area contributed by atoms with E-state index in [0.29, 0.717) is 6.42 Å². The molecule has 2 aromatic carbocycles. The second kappa shape index (κ2) is 12.2. The molecule has 1 heterocycles. The molecule has 0 aliphatic carbocycles. The van der Waals surface area contributed by atoms with Crippen molar-refractivity contribution in [2.24, 2.45) is 0 Å². The predicted molar refractivity (Wildman–Crippen MR) is 127 cm³/mol. The number of halogens is 1. The van der Waals surface area contributed by atoms with Crippen molar-refractivity contribution in [3.63, 3.8) is 0 Å². The molecule has 172 valence electrons. The van der Waals surface area contributed by atoms with E-state index >= 15 is 0 Å². The van der Waals surface area contributed by atoms with E-state index in [1.807, 2.05) is 29.2 Å². The molecule has 2 amide bonds. The number of carbonyl (C=O) groups excluding carboxylic acids is 2. The molecule has 0 aromatic heterocycles. The summed E-state index contributed by atoms with van der Waals surface area (Å²) in [5.41, 5.74) is 2.60. The van der Waals surface area contributed by atoms with Crippen molar-refractivity contribution < 1.29 is 14.0 Å². The SMILES string of the molecule is CCCCCCCC(=O)N1CCN(c2ccc(NC(=O)Cc3ccc(F)cc3)cc2)CC1. The van der Waals surface area contributed by atoms with Crippen LogP contribution in [0.25, 0.3) is 0 Å². The van der Waals surface area contributed by atoms with Crippen molar-refractivity contribution in [3.05, 3.63) is 59.9 Å². The fraction of sp³-hybridized carbons (Fsp3) is 0.462. The maximum atomic E-state index is 13.0. The minimum Gasteiger partial charge on any atom is -0.368 e. The van der Waals surface area contributed by atoms with E-state index in [1.165, 1.54) is 31.4 Å². The quantitative estimate of drug-likeness (QED) is 0.529. The normalized spacial score (nSPS) is 13.8. The van der Waals surface area contributed by atoms with Gasteiger partial charge in [0.15, 0.2) is 0 Å². The molecule has 1 saturated heterocycles. The lowest BCUT2D eigenvalue weighted by molar-refractivity contribution is -0.131. The molecule has 3 rings (SSSR count). The standard InChI is InChI=1S/C26H34FN3O2/c1-2-3-4-5-6-7-26(32)30-18-16-29(17-19-30)24-14-12-23(13-15-24)28-25(31)20-21-8-10-22(27)11-9-21/h8-15H,2-7,16-20H2,1H3,(H,28,31). The van der Waals surface area contributed by atoms with Gasteiger partial charge in [0, 0.05) is 44.0 Å².